The number of hydrogen-bond donors (Lipinski definition) is 1. The molecule has 1 aromatic carbocycles. The largest absolute Gasteiger partial charge is 0.493 e. The maximum Gasteiger partial charge on any atom is 0.260 e. The van der Waals surface area contributed by atoms with E-state index in [1.165, 1.54) is 0 Å². The first-order valence-corrected chi connectivity index (χ1v) is 8.31. The van der Waals surface area contributed by atoms with Gasteiger partial charge in [0.1, 0.15) is 0 Å². The zero-order valence-corrected chi connectivity index (χ0v) is 16.1. The van der Waals surface area contributed by atoms with E-state index in [0.29, 0.717) is 24.6 Å². The molecule has 1 saturated heterocycles. The second-order valence-electron chi connectivity index (χ2n) is 6.97. The normalized spacial score (nSPS) is 18.9. The summed E-state index contributed by atoms with van der Waals surface area (Å²) in [5, 5.41) is 0. The lowest BCUT2D eigenvalue weighted by molar-refractivity contribution is -0.136. The van der Waals surface area contributed by atoms with Crippen molar-refractivity contribution in [2.45, 2.75) is 32.7 Å². The Balaban J connectivity index is 0.00000312. The number of nitrogens with zero attached hydrogens (tertiary/aromatic N) is 1. The number of hydrogen-bond acceptors (Lipinski definition) is 4. The molecule has 1 fully saturated rings. The maximum atomic E-state index is 12.4. The summed E-state index contributed by atoms with van der Waals surface area (Å²) in [7, 11) is 1.59. The van der Waals surface area contributed by atoms with Crippen LogP contribution in [0.25, 0.3) is 0 Å². The third-order valence-corrected chi connectivity index (χ3v) is 4.62. The van der Waals surface area contributed by atoms with Crippen LogP contribution in [0.1, 0.15) is 25.8 Å². The lowest BCUT2D eigenvalue weighted by Crippen LogP contribution is -2.54. The molecule has 0 aromatic heterocycles. The van der Waals surface area contributed by atoms with E-state index in [1.807, 2.05) is 29.2 Å². The van der Waals surface area contributed by atoms with Gasteiger partial charge in [-0.25, -0.2) is 0 Å². The molecule has 1 heterocycles. The Morgan fingerprint density at radius 1 is 1.44 bits per heavy atom. The SMILES string of the molecule is C=CCc1ccc(OCC(=O)N2CCC(N)C(C)(C)C2)c(OC)c1.Cl. The Morgan fingerprint density at radius 3 is 2.76 bits per heavy atom. The second-order valence-corrected chi connectivity index (χ2v) is 6.97. The van der Waals surface area contributed by atoms with Crippen molar-refractivity contribution >= 4 is 18.3 Å². The molecule has 0 radical (unpaired) electrons. The summed E-state index contributed by atoms with van der Waals surface area (Å²) in [6, 6.07) is 5.82. The van der Waals surface area contributed by atoms with E-state index in [2.05, 4.69) is 20.4 Å². The zero-order chi connectivity index (χ0) is 17.7. The average molecular weight is 369 g/mol. The van der Waals surface area contributed by atoms with Crippen LogP contribution < -0.4 is 15.2 Å². The van der Waals surface area contributed by atoms with Crippen molar-refractivity contribution in [2.24, 2.45) is 11.1 Å². The van der Waals surface area contributed by atoms with Gasteiger partial charge in [0.15, 0.2) is 18.1 Å². The van der Waals surface area contributed by atoms with Crippen molar-refractivity contribution in [1.82, 2.24) is 4.90 Å². The standard InChI is InChI=1S/C19H28N2O3.ClH/c1-5-6-14-7-8-15(16(11-14)23-4)24-12-18(22)21-10-9-17(20)19(2,3)13-21;/h5,7-8,11,17H,1,6,9-10,12-13,20H2,2-4H3;1H. The lowest BCUT2D eigenvalue weighted by Gasteiger charge is -2.42. The minimum absolute atomic E-state index is 0. The number of benzene rings is 1. The third kappa shape index (κ3) is 5.38. The molecule has 0 aliphatic carbocycles. The van der Waals surface area contributed by atoms with Gasteiger partial charge < -0.3 is 20.1 Å². The number of halogens is 1. The van der Waals surface area contributed by atoms with E-state index in [1.54, 1.807) is 7.11 Å². The quantitative estimate of drug-likeness (QED) is 0.784. The number of rotatable bonds is 6. The molecule has 1 atom stereocenters. The fraction of sp³-hybridized carbons (Fsp3) is 0.526. The van der Waals surface area contributed by atoms with Crippen LogP contribution in [0.3, 0.4) is 0 Å². The van der Waals surface area contributed by atoms with E-state index in [4.69, 9.17) is 15.2 Å². The Hall–Kier alpha value is -1.72. The van der Waals surface area contributed by atoms with Crippen molar-refractivity contribution in [3.05, 3.63) is 36.4 Å². The number of allylic oxidation sites excluding steroid dienone is 1. The summed E-state index contributed by atoms with van der Waals surface area (Å²) in [6.07, 6.45) is 3.42. The smallest absolute Gasteiger partial charge is 0.260 e. The monoisotopic (exact) mass is 368 g/mol. The predicted molar refractivity (Wildman–Crippen MR) is 103 cm³/mol. The molecule has 1 amide bonds. The highest BCUT2D eigenvalue weighted by Gasteiger charge is 2.35. The highest BCUT2D eigenvalue weighted by molar-refractivity contribution is 5.85. The number of ether oxygens (including phenoxy) is 2. The summed E-state index contributed by atoms with van der Waals surface area (Å²) < 4.78 is 11.1. The van der Waals surface area contributed by atoms with E-state index >= 15 is 0 Å². The van der Waals surface area contributed by atoms with E-state index in [0.717, 1.165) is 18.4 Å². The Labute approximate surface area is 156 Å². The van der Waals surface area contributed by atoms with Crippen LogP contribution in [0.4, 0.5) is 0 Å². The minimum Gasteiger partial charge on any atom is -0.493 e. The zero-order valence-electron chi connectivity index (χ0n) is 15.3. The van der Waals surface area contributed by atoms with Crippen LogP contribution in [-0.2, 0) is 11.2 Å². The van der Waals surface area contributed by atoms with Gasteiger partial charge >= 0.3 is 0 Å². The summed E-state index contributed by atoms with van der Waals surface area (Å²) >= 11 is 0. The molecule has 25 heavy (non-hydrogen) atoms. The number of piperidine rings is 1. The predicted octanol–water partition coefficient (Wildman–Crippen LogP) is 2.81. The molecule has 1 unspecified atom stereocenters. The molecular weight excluding hydrogens is 340 g/mol. The van der Waals surface area contributed by atoms with Gasteiger partial charge in [-0.1, -0.05) is 26.0 Å². The van der Waals surface area contributed by atoms with Crippen molar-refractivity contribution in [3.8, 4) is 11.5 Å². The molecule has 0 bridgehead atoms. The fourth-order valence-corrected chi connectivity index (χ4v) is 2.94. The lowest BCUT2D eigenvalue weighted by atomic mass is 9.80. The minimum atomic E-state index is -0.0715. The molecule has 0 spiro atoms. The topological polar surface area (TPSA) is 64.8 Å². The molecule has 2 N–H and O–H groups in total. The molecular formula is C19H29ClN2O3. The van der Waals surface area contributed by atoms with Crippen molar-refractivity contribution in [1.29, 1.82) is 0 Å². The number of carbonyl (C=O) groups excluding carboxylic acids is 1. The first kappa shape index (κ1) is 21.3. The highest BCUT2D eigenvalue weighted by atomic mass is 35.5. The van der Waals surface area contributed by atoms with Crippen molar-refractivity contribution in [3.63, 3.8) is 0 Å². The summed E-state index contributed by atoms with van der Waals surface area (Å²) in [4.78, 5) is 14.3. The van der Waals surface area contributed by atoms with Crippen LogP contribution in [0.5, 0.6) is 11.5 Å². The number of carbonyl (C=O) groups is 1. The van der Waals surface area contributed by atoms with Gasteiger partial charge in [-0.2, -0.15) is 0 Å². The Kier molecular flexibility index (Phi) is 7.77. The maximum absolute atomic E-state index is 12.4. The van der Waals surface area contributed by atoms with Gasteiger partial charge in [0.05, 0.1) is 7.11 Å². The molecule has 1 aliphatic heterocycles. The van der Waals surface area contributed by atoms with Crippen molar-refractivity contribution in [2.75, 3.05) is 26.8 Å². The molecule has 1 aromatic rings. The van der Waals surface area contributed by atoms with Gasteiger partial charge in [0, 0.05) is 19.1 Å². The van der Waals surface area contributed by atoms with E-state index < -0.39 is 0 Å². The van der Waals surface area contributed by atoms with Crippen LogP contribution in [0.15, 0.2) is 30.9 Å². The van der Waals surface area contributed by atoms with Crippen LogP contribution in [0.2, 0.25) is 0 Å². The third-order valence-electron chi connectivity index (χ3n) is 4.62. The highest BCUT2D eigenvalue weighted by Crippen LogP contribution is 2.30. The number of methoxy groups -OCH3 is 1. The second kappa shape index (κ2) is 9.11. The fourth-order valence-electron chi connectivity index (χ4n) is 2.94. The Morgan fingerprint density at radius 2 is 2.16 bits per heavy atom. The molecule has 6 heteroatoms. The Bertz CT molecular complexity index is 604. The van der Waals surface area contributed by atoms with Crippen LogP contribution in [0, 0.1) is 5.41 Å². The first-order chi connectivity index (χ1) is 11.4. The van der Waals surface area contributed by atoms with Crippen LogP contribution in [-0.4, -0.2) is 43.7 Å². The number of likely N-dealkylation sites (tertiary alicyclic amines) is 1. The average Bonchev–Trinajstić information content (AvgIpc) is 2.55. The van der Waals surface area contributed by atoms with Gasteiger partial charge in [0.2, 0.25) is 0 Å². The number of amides is 1. The summed E-state index contributed by atoms with van der Waals surface area (Å²) in [5.74, 6) is 1.18. The molecule has 1 aliphatic rings. The van der Waals surface area contributed by atoms with Gasteiger partial charge in [-0.3, -0.25) is 4.79 Å². The van der Waals surface area contributed by atoms with Gasteiger partial charge in [-0.15, -0.1) is 19.0 Å². The van der Waals surface area contributed by atoms with E-state index in [9.17, 15) is 4.79 Å². The number of nitrogens with two attached hydrogens (primary N) is 1. The van der Waals surface area contributed by atoms with Crippen LogP contribution >= 0.6 is 12.4 Å². The molecule has 140 valence electrons. The first-order valence-electron chi connectivity index (χ1n) is 8.31. The van der Waals surface area contributed by atoms with Crippen molar-refractivity contribution < 1.29 is 14.3 Å². The molecule has 0 saturated carbocycles. The summed E-state index contributed by atoms with van der Waals surface area (Å²) in [5.41, 5.74) is 7.14. The van der Waals surface area contributed by atoms with E-state index in [-0.39, 0.29) is 36.4 Å². The summed E-state index contributed by atoms with van der Waals surface area (Å²) in [6.45, 7) is 9.27. The molecule has 2 rings (SSSR count). The molecule has 5 nitrogen and oxygen atoms in total. The van der Waals surface area contributed by atoms with Gasteiger partial charge in [0.25, 0.3) is 5.91 Å². The van der Waals surface area contributed by atoms with Gasteiger partial charge in [-0.05, 0) is 36.0 Å².